The summed E-state index contributed by atoms with van der Waals surface area (Å²) in [7, 11) is 0. The van der Waals surface area contributed by atoms with E-state index < -0.39 is 0 Å². The molecule has 0 N–H and O–H groups in total. The number of alkyl halides is 1. The highest BCUT2D eigenvalue weighted by Crippen LogP contribution is 2.11. The lowest BCUT2D eigenvalue weighted by atomic mass is 10.2. The van der Waals surface area contributed by atoms with Crippen LogP contribution in [0.4, 0.5) is 0 Å². The molecule has 15 heavy (non-hydrogen) atoms. The topological polar surface area (TPSA) is 33.5 Å². The van der Waals surface area contributed by atoms with Crippen LogP contribution in [0.2, 0.25) is 0 Å². The van der Waals surface area contributed by atoms with Crippen molar-refractivity contribution in [2.45, 2.75) is 32.9 Å². The van der Waals surface area contributed by atoms with E-state index in [9.17, 15) is 4.79 Å². The van der Waals surface area contributed by atoms with Crippen molar-refractivity contribution in [3.63, 3.8) is 0 Å². The molecule has 0 bridgehead atoms. The summed E-state index contributed by atoms with van der Waals surface area (Å²) in [5, 5.41) is 0. The van der Waals surface area contributed by atoms with Crippen molar-refractivity contribution in [2.75, 3.05) is 5.88 Å². The molecule has 0 aliphatic rings. The van der Waals surface area contributed by atoms with Crippen LogP contribution in [-0.4, -0.2) is 22.7 Å². The normalized spacial score (nSPS) is 12.5. The smallest absolute Gasteiger partial charge is 0.238 e. The van der Waals surface area contributed by atoms with E-state index in [-0.39, 0.29) is 17.8 Å². The Morgan fingerprint density at radius 2 is 2.40 bits per heavy atom. The van der Waals surface area contributed by atoms with Crippen molar-refractivity contribution < 1.29 is 9.21 Å². The summed E-state index contributed by atoms with van der Waals surface area (Å²) in [6.45, 7) is 4.54. The molecule has 1 atom stereocenters. The highest BCUT2D eigenvalue weighted by Gasteiger charge is 2.18. The van der Waals surface area contributed by atoms with E-state index in [1.165, 1.54) is 0 Å². The maximum Gasteiger partial charge on any atom is 0.238 e. The SMILES string of the molecule is CCC(C)N(Cc1ccco1)C(=O)CCl. The van der Waals surface area contributed by atoms with Gasteiger partial charge in [0.15, 0.2) is 0 Å². The maximum atomic E-state index is 11.6. The predicted octanol–water partition coefficient (Wildman–Crippen LogP) is 2.65. The van der Waals surface area contributed by atoms with Crippen LogP contribution in [0.5, 0.6) is 0 Å². The van der Waals surface area contributed by atoms with E-state index in [0.29, 0.717) is 6.54 Å². The van der Waals surface area contributed by atoms with Gasteiger partial charge in [0.25, 0.3) is 0 Å². The highest BCUT2D eigenvalue weighted by molar-refractivity contribution is 6.27. The summed E-state index contributed by atoms with van der Waals surface area (Å²) in [6, 6.07) is 3.85. The van der Waals surface area contributed by atoms with Gasteiger partial charge in [-0.3, -0.25) is 4.79 Å². The van der Waals surface area contributed by atoms with Crippen molar-refractivity contribution >= 4 is 17.5 Å². The van der Waals surface area contributed by atoms with Gasteiger partial charge in [-0.1, -0.05) is 6.92 Å². The Morgan fingerprint density at radius 3 is 2.87 bits per heavy atom. The Hall–Kier alpha value is -0.960. The number of nitrogens with zero attached hydrogens (tertiary/aromatic N) is 1. The Balaban J connectivity index is 2.68. The lowest BCUT2D eigenvalue weighted by molar-refractivity contribution is -0.131. The van der Waals surface area contributed by atoms with Crippen LogP contribution in [0.1, 0.15) is 26.0 Å². The molecule has 0 radical (unpaired) electrons. The monoisotopic (exact) mass is 229 g/mol. The number of halogens is 1. The molecule has 3 nitrogen and oxygen atoms in total. The van der Waals surface area contributed by atoms with Crippen LogP contribution >= 0.6 is 11.6 Å². The molecule has 0 aliphatic carbocycles. The summed E-state index contributed by atoms with van der Waals surface area (Å²) < 4.78 is 5.22. The fourth-order valence-electron chi connectivity index (χ4n) is 1.36. The van der Waals surface area contributed by atoms with Gasteiger partial charge in [0, 0.05) is 6.04 Å². The molecular weight excluding hydrogens is 214 g/mol. The van der Waals surface area contributed by atoms with Gasteiger partial charge in [-0.15, -0.1) is 11.6 Å². The Bertz CT molecular complexity index is 298. The van der Waals surface area contributed by atoms with Crippen LogP contribution < -0.4 is 0 Å². The van der Waals surface area contributed by atoms with Gasteiger partial charge < -0.3 is 9.32 Å². The van der Waals surface area contributed by atoms with E-state index in [1.807, 2.05) is 26.0 Å². The fraction of sp³-hybridized carbons (Fsp3) is 0.545. The Kier molecular flexibility index (Phi) is 4.69. The zero-order valence-corrected chi connectivity index (χ0v) is 9.83. The maximum absolute atomic E-state index is 11.6. The lowest BCUT2D eigenvalue weighted by Crippen LogP contribution is -2.38. The molecule has 1 heterocycles. The van der Waals surface area contributed by atoms with Crippen LogP contribution in [0.3, 0.4) is 0 Å². The van der Waals surface area contributed by atoms with Gasteiger partial charge in [0.2, 0.25) is 5.91 Å². The third-order valence-corrected chi connectivity index (χ3v) is 2.69. The van der Waals surface area contributed by atoms with Crippen molar-refractivity contribution in [1.29, 1.82) is 0 Å². The van der Waals surface area contributed by atoms with Gasteiger partial charge in [-0.05, 0) is 25.5 Å². The summed E-state index contributed by atoms with van der Waals surface area (Å²) in [4.78, 5) is 13.3. The molecule has 1 amide bonds. The molecule has 84 valence electrons. The van der Waals surface area contributed by atoms with E-state index in [1.54, 1.807) is 11.2 Å². The molecule has 4 heteroatoms. The summed E-state index contributed by atoms with van der Waals surface area (Å²) in [6.07, 6.45) is 2.51. The van der Waals surface area contributed by atoms with Gasteiger partial charge in [-0.2, -0.15) is 0 Å². The van der Waals surface area contributed by atoms with Crippen molar-refractivity contribution in [3.05, 3.63) is 24.2 Å². The van der Waals surface area contributed by atoms with Crippen LogP contribution in [0, 0.1) is 0 Å². The zero-order valence-electron chi connectivity index (χ0n) is 9.07. The average Bonchev–Trinajstić information content (AvgIpc) is 2.76. The largest absolute Gasteiger partial charge is 0.467 e. The second-order valence-electron chi connectivity index (χ2n) is 3.49. The molecule has 0 saturated heterocycles. The quantitative estimate of drug-likeness (QED) is 0.728. The average molecular weight is 230 g/mol. The number of hydrogen-bond donors (Lipinski definition) is 0. The first kappa shape index (κ1) is 12.1. The lowest BCUT2D eigenvalue weighted by Gasteiger charge is -2.27. The van der Waals surface area contributed by atoms with Gasteiger partial charge >= 0.3 is 0 Å². The minimum Gasteiger partial charge on any atom is -0.467 e. The van der Waals surface area contributed by atoms with Crippen LogP contribution in [-0.2, 0) is 11.3 Å². The third-order valence-electron chi connectivity index (χ3n) is 2.46. The second kappa shape index (κ2) is 5.81. The zero-order chi connectivity index (χ0) is 11.3. The van der Waals surface area contributed by atoms with Gasteiger partial charge in [0.1, 0.15) is 11.6 Å². The number of amides is 1. The fourth-order valence-corrected chi connectivity index (χ4v) is 1.51. The summed E-state index contributed by atoms with van der Waals surface area (Å²) in [5.41, 5.74) is 0. The molecule has 0 aromatic carbocycles. The molecule has 1 aromatic rings. The number of rotatable bonds is 5. The molecule has 1 rings (SSSR count). The highest BCUT2D eigenvalue weighted by atomic mass is 35.5. The van der Waals surface area contributed by atoms with Crippen LogP contribution in [0.25, 0.3) is 0 Å². The van der Waals surface area contributed by atoms with E-state index in [4.69, 9.17) is 16.0 Å². The Morgan fingerprint density at radius 1 is 1.67 bits per heavy atom. The van der Waals surface area contributed by atoms with Crippen molar-refractivity contribution in [3.8, 4) is 0 Å². The predicted molar refractivity (Wildman–Crippen MR) is 59.7 cm³/mol. The minimum absolute atomic E-state index is 0.0189. The summed E-state index contributed by atoms with van der Waals surface area (Å²) in [5.74, 6) is 0.751. The van der Waals surface area contributed by atoms with Gasteiger partial charge in [-0.25, -0.2) is 0 Å². The molecule has 0 fully saturated rings. The van der Waals surface area contributed by atoms with E-state index >= 15 is 0 Å². The number of furan rings is 1. The first-order valence-corrected chi connectivity index (χ1v) is 5.60. The van der Waals surface area contributed by atoms with Gasteiger partial charge in [0.05, 0.1) is 12.8 Å². The number of carbonyl (C=O) groups is 1. The van der Waals surface area contributed by atoms with Crippen molar-refractivity contribution in [1.82, 2.24) is 4.90 Å². The van der Waals surface area contributed by atoms with E-state index in [0.717, 1.165) is 12.2 Å². The summed E-state index contributed by atoms with van der Waals surface area (Å²) >= 11 is 5.57. The molecule has 1 unspecified atom stereocenters. The standard InChI is InChI=1S/C11H16ClNO2/c1-3-9(2)13(11(14)7-12)8-10-5-4-6-15-10/h4-6,9H,3,7-8H2,1-2H3. The molecule has 1 aromatic heterocycles. The Labute approximate surface area is 95.0 Å². The number of hydrogen-bond acceptors (Lipinski definition) is 2. The first-order chi connectivity index (χ1) is 7.19. The molecular formula is C11H16ClNO2. The molecule has 0 saturated carbocycles. The number of carbonyl (C=O) groups excluding carboxylic acids is 1. The second-order valence-corrected chi connectivity index (χ2v) is 3.76. The van der Waals surface area contributed by atoms with Crippen LogP contribution in [0.15, 0.2) is 22.8 Å². The van der Waals surface area contributed by atoms with Crippen molar-refractivity contribution in [2.24, 2.45) is 0 Å². The minimum atomic E-state index is -0.0533. The first-order valence-electron chi connectivity index (χ1n) is 5.06. The third kappa shape index (κ3) is 3.27. The molecule has 0 aliphatic heterocycles. The molecule has 0 spiro atoms. The van der Waals surface area contributed by atoms with E-state index in [2.05, 4.69) is 0 Å².